The molecule has 3 aromatic rings. The standard InChI is InChI=1S/C13H12N2O/c1-9-7-11(10(2)16-9)12-8-15-6-4-3-5-13(15)14-12/h3-8H,1-2H3. The maximum Gasteiger partial charge on any atom is 0.137 e. The second-order valence-corrected chi connectivity index (χ2v) is 3.92. The SMILES string of the molecule is Cc1cc(-c2cn3ccccc3n2)c(C)o1. The van der Waals surface area contributed by atoms with E-state index in [1.807, 2.05) is 54.9 Å². The van der Waals surface area contributed by atoms with Crippen LogP contribution in [0, 0.1) is 13.8 Å². The van der Waals surface area contributed by atoms with Gasteiger partial charge in [0.05, 0.1) is 5.69 Å². The van der Waals surface area contributed by atoms with Crippen LogP contribution in [0.1, 0.15) is 11.5 Å². The van der Waals surface area contributed by atoms with Crippen LogP contribution in [0.2, 0.25) is 0 Å². The molecule has 0 atom stereocenters. The predicted octanol–water partition coefficient (Wildman–Crippen LogP) is 3.21. The van der Waals surface area contributed by atoms with Gasteiger partial charge in [0.1, 0.15) is 17.2 Å². The molecule has 0 spiro atoms. The molecule has 3 aromatic heterocycles. The highest BCUT2D eigenvalue weighted by molar-refractivity contribution is 5.64. The van der Waals surface area contributed by atoms with Crippen molar-refractivity contribution in [3.63, 3.8) is 0 Å². The molecule has 0 unspecified atom stereocenters. The minimum absolute atomic E-state index is 0.918. The van der Waals surface area contributed by atoms with Crippen LogP contribution in [-0.2, 0) is 0 Å². The largest absolute Gasteiger partial charge is 0.466 e. The van der Waals surface area contributed by atoms with Crippen molar-refractivity contribution in [2.75, 3.05) is 0 Å². The lowest BCUT2D eigenvalue weighted by molar-refractivity contribution is 0.505. The van der Waals surface area contributed by atoms with Crippen molar-refractivity contribution in [2.45, 2.75) is 13.8 Å². The molecule has 0 aliphatic rings. The Balaban J connectivity index is 2.22. The van der Waals surface area contributed by atoms with Gasteiger partial charge in [-0.05, 0) is 32.0 Å². The lowest BCUT2D eigenvalue weighted by atomic mass is 10.2. The first-order chi connectivity index (χ1) is 7.74. The van der Waals surface area contributed by atoms with Crippen LogP contribution in [-0.4, -0.2) is 9.38 Å². The van der Waals surface area contributed by atoms with Gasteiger partial charge in [-0.1, -0.05) is 6.07 Å². The molecule has 0 amide bonds. The zero-order valence-corrected chi connectivity index (χ0v) is 9.27. The van der Waals surface area contributed by atoms with E-state index in [4.69, 9.17) is 4.42 Å². The summed E-state index contributed by atoms with van der Waals surface area (Å²) in [7, 11) is 0. The van der Waals surface area contributed by atoms with E-state index in [9.17, 15) is 0 Å². The van der Waals surface area contributed by atoms with Gasteiger partial charge in [-0.15, -0.1) is 0 Å². The molecule has 0 aliphatic carbocycles. The van der Waals surface area contributed by atoms with Crippen molar-refractivity contribution in [3.05, 3.63) is 48.2 Å². The molecule has 0 aromatic carbocycles. The fraction of sp³-hybridized carbons (Fsp3) is 0.154. The number of aryl methyl sites for hydroxylation is 2. The lowest BCUT2D eigenvalue weighted by Crippen LogP contribution is -1.77. The molecule has 3 heterocycles. The van der Waals surface area contributed by atoms with Gasteiger partial charge in [-0.25, -0.2) is 4.98 Å². The summed E-state index contributed by atoms with van der Waals surface area (Å²) in [6.07, 6.45) is 4.01. The number of imidazole rings is 1. The topological polar surface area (TPSA) is 30.4 Å². The van der Waals surface area contributed by atoms with Crippen LogP contribution in [0.3, 0.4) is 0 Å². The van der Waals surface area contributed by atoms with E-state index in [-0.39, 0.29) is 0 Å². The third-order valence-electron chi connectivity index (χ3n) is 2.68. The average molecular weight is 212 g/mol. The molecule has 0 bridgehead atoms. The van der Waals surface area contributed by atoms with Crippen LogP contribution in [0.4, 0.5) is 0 Å². The molecule has 3 heteroatoms. The van der Waals surface area contributed by atoms with Crippen molar-refractivity contribution < 1.29 is 4.42 Å². The fourth-order valence-corrected chi connectivity index (χ4v) is 1.95. The molecular weight excluding hydrogens is 200 g/mol. The molecule has 0 fully saturated rings. The van der Waals surface area contributed by atoms with E-state index in [0.717, 1.165) is 28.4 Å². The summed E-state index contributed by atoms with van der Waals surface area (Å²) in [5.74, 6) is 1.84. The number of nitrogens with zero attached hydrogens (tertiary/aromatic N) is 2. The van der Waals surface area contributed by atoms with Gasteiger partial charge in [0.15, 0.2) is 0 Å². The summed E-state index contributed by atoms with van der Waals surface area (Å²) < 4.78 is 7.53. The Hall–Kier alpha value is -2.03. The molecule has 80 valence electrons. The summed E-state index contributed by atoms with van der Waals surface area (Å²) in [5, 5.41) is 0. The van der Waals surface area contributed by atoms with Crippen molar-refractivity contribution in [3.8, 4) is 11.3 Å². The minimum atomic E-state index is 0.918. The van der Waals surface area contributed by atoms with E-state index >= 15 is 0 Å². The highest BCUT2D eigenvalue weighted by Gasteiger charge is 2.10. The maximum absolute atomic E-state index is 5.52. The normalized spacial score (nSPS) is 11.1. The van der Waals surface area contributed by atoms with Crippen LogP contribution in [0.5, 0.6) is 0 Å². The van der Waals surface area contributed by atoms with Crippen molar-refractivity contribution in [1.29, 1.82) is 0 Å². The van der Waals surface area contributed by atoms with Crippen molar-refractivity contribution in [2.24, 2.45) is 0 Å². The van der Waals surface area contributed by atoms with E-state index < -0.39 is 0 Å². The summed E-state index contributed by atoms with van der Waals surface area (Å²) in [5.41, 5.74) is 2.98. The van der Waals surface area contributed by atoms with Gasteiger partial charge in [0.2, 0.25) is 0 Å². The van der Waals surface area contributed by atoms with Crippen molar-refractivity contribution >= 4 is 5.65 Å². The fourth-order valence-electron chi connectivity index (χ4n) is 1.95. The molecular formula is C13H12N2O. The summed E-state index contributed by atoms with van der Waals surface area (Å²) in [6.45, 7) is 3.92. The highest BCUT2D eigenvalue weighted by atomic mass is 16.3. The number of hydrogen-bond acceptors (Lipinski definition) is 2. The maximum atomic E-state index is 5.52. The van der Waals surface area contributed by atoms with E-state index in [2.05, 4.69) is 4.98 Å². The van der Waals surface area contributed by atoms with Gasteiger partial charge < -0.3 is 8.82 Å². The minimum Gasteiger partial charge on any atom is -0.466 e. The van der Waals surface area contributed by atoms with Gasteiger partial charge in [0.25, 0.3) is 0 Å². The zero-order chi connectivity index (χ0) is 11.1. The Morgan fingerprint density at radius 3 is 2.81 bits per heavy atom. The molecule has 0 saturated heterocycles. The summed E-state index contributed by atoms with van der Waals surface area (Å²) >= 11 is 0. The number of hydrogen-bond donors (Lipinski definition) is 0. The Morgan fingerprint density at radius 2 is 2.12 bits per heavy atom. The Labute approximate surface area is 93.4 Å². The third kappa shape index (κ3) is 1.33. The quantitative estimate of drug-likeness (QED) is 0.620. The zero-order valence-electron chi connectivity index (χ0n) is 9.27. The molecule has 0 saturated carbocycles. The van der Waals surface area contributed by atoms with Crippen LogP contribution < -0.4 is 0 Å². The molecule has 3 nitrogen and oxygen atoms in total. The molecule has 0 aliphatic heterocycles. The number of pyridine rings is 1. The Morgan fingerprint density at radius 1 is 1.25 bits per heavy atom. The first-order valence-corrected chi connectivity index (χ1v) is 5.25. The predicted molar refractivity (Wildman–Crippen MR) is 62.4 cm³/mol. The molecule has 0 radical (unpaired) electrons. The monoisotopic (exact) mass is 212 g/mol. The third-order valence-corrected chi connectivity index (χ3v) is 2.68. The number of furan rings is 1. The lowest BCUT2D eigenvalue weighted by Gasteiger charge is -1.89. The number of rotatable bonds is 1. The summed E-state index contributed by atoms with van der Waals surface area (Å²) in [4.78, 5) is 4.56. The van der Waals surface area contributed by atoms with E-state index in [0.29, 0.717) is 0 Å². The van der Waals surface area contributed by atoms with Crippen LogP contribution >= 0.6 is 0 Å². The van der Waals surface area contributed by atoms with Gasteiger partial charge in [0, 0.05) is 18.0 Å². The molecule has 3 rings (SSSR count). The Bertz CT molecular complexity index is 616. The van der Waals surface area contributed by atoms with Crippen LogP contribution in [0.25, 0.3) is 16.9 Å². The average Bonchev–Trinajstić information content (AvgIpc) is 2.81. The van der Waals surface area contributed by atoms with Gasteiger partial charge in [-0.3, -0.25) is 0 Å². The van der Waals surface area contributed by atoms with Gasteiger partial charge in [-0.2, -0.15) is 0 Å². The first-order valence-electron chi connectivity index (χ1n) is 5.25. The number of fused-ring (bicyclic) bond motifs is 1. The summed E-state index contributed by atoms with van der Waals surface area (Å²) in [6, 6.07) is 7.99. The highest BCUT2D eigenvalue weighted by Crippen LogP contribution is 2.25. The molecule has 0 N–H and O–H groups in total. The van der Waals surface area contributed by atoms with E-state index in [1.165, 1.54) is 0 Å². The second-order valence-electron chi connectivity index (χ2n) is 3.92. The number of aromatic nitrogens is 2. The second kappa shape index (κ2) is 3.23. The Kier molecular flexibility index (Phi) is 1.86. The van der Waals surface area contributed by atoms with Crippen molar-refractivity contribution in [1.82, 2.24) is 9.38 Å². The van der Waals surface area contributed by atoms with Gasteiger partial charge >= 0.3 is 0 Å². The van der Waals surface area contributed by atoms with Crippen LogP contribution in [0.15, 0.2) is 41.1 Å². The van der Waals surface area contributed by atoms with E-state index in [1.54, 1.807) is 0 Å². The molecule has 16 heavy (non-hydrogen) atoms. The smallest absolute Gasteiger partial charge is 0.137 e. The first kappa shape index (κ1) is 9.21.